The molecule has 1 saturated carbocycles. The van der Waals surface area contributed by atoms with Crippen LogP contribution in [0.3, 0.4) is 0 Å². The lowest BCUT2D eigenvalue weighted by atomic mass is 10.0. The molecule has 116 valence electrons. The zero-order chi connectivity index (χ0) is 14.7. The van der Waals surface area contributed by atoms with Crippen molar-refractivity contribution in [2.75, 3.05) is 18.0 Å². The lowest BCUT2D eigenvalue weighted by Gasteiger charge is -2.36. The monoisotopic (exact) mass is 290 g/mol. The van der Waals surface area contributed by atoms with E-state index in [2.05, 4.69) is 20.2 Å². The van der Waals surface area contributed by atoms with Crippen molar-refractivity contribution < 1.29 is 4.74 Å². The Balaban J connectivity index is 1.69. The quantitative estimate of drug-likeness (QED) is 0.871. The van der Waals surface area contributed by atoms with Gasteiger partial charge in [-0.25, -0.2) is 4.98 Å². The molecule has 5 heteroatoms. The van der Waals surface area contributed by atoms with E-state index < -0.39 is 0 Å². The zero-order valence-corrected chi connectivity index (χ0v) is 13.1. The van der Waals surface area contributed by atoms with E-state index in [1.807, 2.05) is 19.9 Å². The van der Waals surface area contributed by atoms with Crippen molar-refractivity contribution in [3.05, 3.63) is 12.3 Å². The van der Waals surface area contributed by atoms with Gasteiger partial charge in [-0.2, -0.15) is 4.98 Å². The second-order valence-corrected chi connectivity index (χ2v) is 6.39. The van der Waals surface area contributed by atoms with Crippen LogP contribution in [0.1, 0.15) is 46.0 Å². The van der Waals surface area contributed by atoms with E-state index in [-0.39, 0.29) is 6.10 Å². The van der Waals surface area contributed by atoms with E-state index >= 15 is 0 Å². The highest BCUT2D eigenvalue weighted by Gasteiger charge is 2.27. The third kappa shape index (κ3) is 4.06. The van der Waals surface area contributed by atoms with Crippen molar-refractivity contribution in [2.24, 2.45) is 0 Å². The predicted molar refractivity (Wildman–Crippen MR) is 83.8 cm³/mol. The fourth-order valence-electron chi connectivity index (χ4n) is 2.84. The SMILES string of the molecule is CC(C)Oc1ccnc(N2CCCCC2CNC2CC2)n1. The molecule has 0 aromatic carbocycles. The minimum Gasteiger partial charge on any atom is -0.475 e. The minimum absolute atomic E-state index is 0.140. The van der Waals surface area contributed by atoms with E-state index in [4.69, 9.17) is 4.74 Å². The number of nitrogens with one attached hydrogen (secondary N) is 1. The van der Waals surface area contributed by atoms with Crippen LogP contribution in [-0.2, 0) is 0 Å². The second-order valence-electron chi connectivity index (χ2n) is 6.39. The number of hydrogen-bond donors (Lipinski definition) is 1. The van der Waals surface area contributed by atoms with Crippen molar-refractivity contribution in [3.8, 4) is 5.88 Å². The Hall–Kier alpha value is -1.36. The summed E-state index contributed by atoms with van der Waals surface area (Å²) in [5.74, 6) is 1.49. The smallest absolute Gasteiger partial charge is 0.228 e. The summed E-state index contributed by atoms with van der Waals surface area (Å²) in [5.41, 5.74) is 0. The number of hydrogen-bond acceptors (Lipinski definition) is 5. The lowest BCUT2D eigenvalue weighted by molar-refractivity contribution is 0.232. The van der Waals surface area contributed by atoms with Crippen LogP contribution in [0.5, 0.6) is 5.88 Å². The van der Waals surface area contributed by atoms with E-state index in [1.54, 1.807) is 6.20 Å². The predicted octanol–water partition coefficient (Wildman–Crippen LogP) is 2.37. The summed E-state index contributed by atoms with van der Waals surface area (Å²) in [4.78, 5) is 11.4. The maximum Gasteiger partial charge on any atom is 0.228 e. The Bertz CT molecular complexity index is 461. The van der Waals surface area contributed by atoms with Gasteiger partial charge in [-0.15, -0.1) is 0 Å². The third-order valence-electron chi connectivity index (χ3n) is 4.08. The molecule has 1 N–H and O–H groups in total. The molecule has 2 heterocycles. The van der Waals surface area contributed by atoms with Crippen molar-refractivity contribution in [3.63, 3.8) is 0 Å². The number of anilines is 1. The highest BCUT2D eigenvalue weighted by atomic mass is 16.5. The fraction of sp³-hybridized carbons (Fsp3) is 0.750. The zero-order valence-electron chi connectivity index (χ0n) is 13.1. The molecule has 2 fully saturated rings. The first-order valence-corrected chi connectivity index (χ1v) is 8.22. The Kier molecular flexibility index (Phi) is 4.58. The average Bonchev–Trinajstić information content (AvgIpc) is 3.29. The maximum absolute atomic E-state index is 5.70. The highest BCUT2D eigenvalue weighted by molar-refractivity contribution is 5.34. The summed E-state index contributed by atoms with van der Waals surface area (Å²) in [6, 6.07) is 3.10. The summed E-state index contributed by atoms with van der Waals surface area (Å²) in [5, 5.41) is 3.64. The maximum atomic E-state index is 5.70. The van der Waals surface area contributed by atoms with Crippen LogP contribution in [0.15, 0.2) is 12.3 Å². The van der Waals surface area contributed by atoms with Crippen molar-refractivity contribution in [2.45, 2.75) is 64.1 Å². The molecule has 3 rings (SSSR count). The van der Waals surface area contributed by atoms with Gasteiger partial charge >= 0.3 is 0 Å². The third-order valence-corrected chi connectivity index (χ3v) is 4.08. The van der Waals surface area contributed by atoms with Gasteiger partial charge in [-0.1, -0.05) is 0 Å². The van der Waals surface area contributed by atoms with E-state index in [1.165, 1.54) is 32.1 Å². The first kappa shape index (κ1) is 14.6. The number of nitrogens with zero attached hydrogens (tertiary/aromatic N) is 3. The number of piperidine rings is 1. The Labute approximate surface area is 127 Å². The van der Waals surface area contributed by atoms with Crippen molar-refractivity contribution >= 4 is 5.95 Å². The first-order valence-electron chi connectivity index (χ1n) is 8.22. The molecule has 1 aromatic heterocycles. The molecule has 1 saturated heterocycles. The summed E-state index contributed by atoms with van der Waals surface area (Å²) in [7, 11) is 0. The van der Waals surface area contributed by atoms with Gasteiger partial charge in [-0.05, 0) is 46.0 Å². The topological polar surface area (TPSA) is 50.3 Å². The largest absolute Gasteiger partial charge is 0.475 e. The van der Waals surface area contributed by atoms with Gasteiger partial charge < -0.3 is 15.0 Å². The molecular formula is C16H26N4O. The van der Waals surface area contributed by atoms with Gasteiger partial charge in [-0.3, -0.25) is 0 Å². The molecule has 5 nitrogen and oxygen atoms in total. The summed E-state index contributed by atoms with van der Waals surface area (Å²) in [6.45, 7) is 6.13. The Morgan fingerprint density at radius 3 is 2.95 bits per heavy atom. The van der Waals surface area contributed by atoms with Crippen LogP contribution < -0.4 is 15.0 Å². The highest BCUT2D eigenvalue weighted by Crippen LogP contribution is 2.24. The second kappa shape index (κ2) is 6.60. The van der Waals surface area contributed by atoms with Crippen LogP contribution in [0.4, 0.5) is 5.95 Å². The van der Waals surface area contributed by atoms with Gasteiger partial charge in [0.1, 0.15) is 0 Å². The molecule has 0 spiro atoms. The first-order chi connectivity index (χ1) is 10.2. The van der Waals surface area contributed by atoms with Gasteiger partial charge in [0, 0.05) is 37.4 Å². The molecule has 2 aliphatic rings. The van der Waals surface area contributed by atoms with Crippen LogP contribution in [0.2, 0.25) is 0 Å². The summed E-state index contributed by atoms with van der Waals surface area (Å²) >= 11 is 0. The standard InChI is InChI=1S/C16H26N4O/c1-12(2)21-15-8-9-17-16(19-15)20-10-4-3-5-14(20)11-18-13-6-7-13/h8-9,12-14,18H,3-7,10-11H2,1-2H3. The van der Waals surface area contributed by atoms with E-state index in [0.29, 0.717) is 11.9 Å². The van der Waals surface area contributed by atoms with Crippen molar-refractivity contribution in [1.29, 1.82) is 0 Å². The molecule has 0 bridgehead atoms. The number of ether oxygens (including phenoxy) is 1. The van der Waals surface area contributed by atoms with Crippen LogP contribution in [-0.4, -0.2) is 41.2 Å². The number of aromatic nitrogens is 2. The Morgan fingerprint density at radius 1 is 1.33 bits per heavy atom. The van der Waals surface area contributed by atoms with Gasteiger partial charge in [0.05, 0.1) is 6.10 Å². The van der Waals surface area contributed by atoms with Crippen molar-refractivity contribution in [1.82, 2.24) is 15.3 Å². The fourth-order valence-corrected chi connectivity index (χ4v) is 2.84. The molecule has 0 amide bonds. The number of rotatable bonds is 6. The summed E-state index contributed by atoms with van der Waals surface area (Å²) in [6.07, 6.45) is 8.36. The molecular weight excluding hydrogens is 264 g/mol. The molecule has 1 aliphatic heterocycles. The molecule has 1 aliphatic carbocycles. The van der Waals surface area contributed by atoms with Crippen LogP contribution in [0, 0.1) is 0 Å². The molecule has 0 radical (unpaired) electrons. The minimum atomic E-state index is 0.140. The molecule has 1 atom stereocenters. The molecule has 21 heavy (non-hydrogen) atoms. The molecule has 1 unspecified atom stereocenters. The van der Waals surface area contributed by atoms with Gasteiger partial charge in [0.2, 0.25) is 11.8 Å². The Morgan fingerprint density at radius 2 is 2.19 bits per heavy atom. The van der Waals surface area contributed by atoms with E-state index in [0.717, 1.165) is 25.1 Å². The van der Waals surface area contributed by atoms with Crippen LogP contribution >= 0.6 is 0 Å². The average molecular weight is 290 g/mol. The normalized spacial score (nSPS) is 22.6. The van der Waals surface area contributed by atoms with Gasteiger partial charge in [0.25, 0.3) is 0 Å². The summed E-state index contributed by atoms with van der Waals surface area (Å²) < 4.78 is 5.70. The van der Waals surface area contributed by atoms with Gasteiger partial charge in [0.15, 0.2) is 0 Å². The molecule has 1 aromatic rings. The van der Waals surface area contributed by atoms with Crippen LogP contribution in [0.25, 0.3) is 0 Å². The lowest BCUT2D eigenvalue weighted by Crippen LogP contribution is -2.46. The van der Waals surface area contributed by atoms with E-state index in [9.17, 15) is 0 Å².